The fourth-order valence-electron chi connectivity index (χ4n) is 10.1. The molecule has 3 aliphatic rings. The second kappa shape index (κ2) is 10.9. The van der Waals surface area contributed by atoms with Crippen molar-refractivity contribution in [3.8, 4) is 11.4 Å². The molecule has 0 amide bonds. The summed E-state index contributed by atoms with van der Waals surface area (Å²) in [5, 5.41) is 7.28. The molecule has 0 radical (unpaired) electrons. The summed E-state index contributed by atoms with van der Waals surface area (Å²) in [5.41, 5.74) is 15.5. The number of rotatable bonds is 3. The van der Waals surface area contributed by atoms with Gasteiger partial charge >= 0.3 is 0 Å². The van der Waals surface area contributed by atoms with Crippen molar-refractivity contribution in [2.75, 3.05) is 0 Å². The minimum absolute atomic E-state index is 0.494. The molecule has 3 aliphatic carbocycles. The van der Waals surface area contributed by atoms with Crippen LogP contribution in [0.25, 0.3) is 89.2 Å². The normalized spacial score (nSPS) is 16.3. The molecule has 4 nitrogen and oxygen atoms in total. The summed E-state index contributed by atoms with van der Waals surface area (Å²) < 4.78 is 18.7. The summed E-state index contributed by atoms with van der Waals surface area (Å²) in [6.45, 7) is 0. The van der Waals surface area contributed by atoms with E-state index >= 15 is 0 Å². The zero-order chi connectivity index (χ0) is 33.9. The van der Waals surface area contributed by atoms with Gasteiger partial charge in [0.25, 0.3) is 0 Å². The predicted octanol–water partition coefficient (Wildman–Crippen LogP) is 13.3. The quantitative estimate of drug-likeness (QED) is 0.187. The molecular weight excluding hydrogens is 637 g/mol. The third-order valence-electron chi connectivity index (χ3n) is 12.4. The van der Waals surface area contributed by atoms with E-state index in [0.29, 0.717) is 5.92 Å². The number of furan rings is 2. The van der Waals surface area contributed by atoms with Crippen LogP contribution >= 0.6 is 0 Å². The van der Waals surface area contributed by atoms with Gasteiger partial charge in [-0.2, -0.15) is 0 Å². The fourth-order valence-corrected chi connectivity index (χ4v) is 10.1. The first-order valence-electron chi connectivity index (χ1n) is 19.2. The Morgan fingerprint density at radius 3 is 1.81 bits per heavy atom. The molecule has 0 aliphatic heterocycles. The lowest BCUT2D eigenvalue weighted by Crippen LogP contribution is -2.07. The van der Waals surface area contributed by atoms with Gasteiger partial charge < -0.3 is 18.0 Å². The lowest BCUT2D eigenvalue weighted by molar-refractivity contribution is 0.445. The third-order valence-corrected chi connectivity index (χ3v) is 12.4. The van der Waals surface area contributed by atoms with Gasteiger partial charge in [0.1, 0.15) is 11.2 Å². The van der Waals surface area contributed by atoms with Gasteiger partial charge in [0.05, 0.1) is 11.0 Å². The van der Waals surface area contributed by atoms with Crippen LogP contribution in [0.15, 0.2) is 112 Å². The summed E-state index contributed by atoms with van der Waals surface area (Å²) >= 11 is 0. The van der Waals surface area contributed by atoms with Crippen molar-refractivity contribution in [3.05, 3.63) is 131 Å². The summed E-state index contributed by atoms with van der Waals surface area (Å²) in [6.07, 6.45) is 20.0. The Labute approximate surface area is 301 Å². The monoisotopic (exact) mass is 674 g/mol. The van der Waals surface area contributed by atoms with Crippen molar-refractivity contribution in [2.45, 2.75) is 63.7 Å². The van der Waals surface area contributed by atoms with E-state index in [1.807, 2.05) is 0 Å². The van der Waals surface area contributed by atoms with Crippen LogP contribution in [-0.4, -0.2) is 9.13 Å². The number of para-hydroxylation sites is 2. The first-order valence-corrected chi connectivity index (χ1v) is 19.2. The van der Waals surface area contributed by atoms with Gasteiger partial charge in [-0.1, -0.05) is 80.0 Å². The van der Waals surface area contributed by atoms with E-state index in [0.717, 1.165) is 53.7 Å². The van der Waals surface area contributed by atoms with Gasteiger partial charge in [0, 0.05) is 66.2 Å². The number of fused-ring (bicyclic) bond motifs is 13. The maximum absolute atomic E-state index is 6.90. The molecule has 0 spiro atoms. The Balaban J connectivity index is 1.12. The summed E-state index contributed by atoms with van der Waals surface area (Å²) in [7, 11) is 0. The molecule has 0 N–H and O–H groups in total. The second-order valence-corrected chi connectivity index (χ2v) is 15.3. The van der Waals surface area contributed by atoms with E-state index < -0.39 is 0 Å². The van der Waals surface area contributed by atoms with E-state index in [-0.39, 0.29) is 0 Å². The van der Waals surface area contributed by atoms with E-state index in [1.165, 1.54) is 109 Å². The maximum Gasteiger partial charge on any atom is 0.178 e. The van der Waals surface area contributed by atoms with Crippen molar-refractivity contribution >= 4 is 77.8 Å². The smallest absolute Gasteiger partial charge is 0.178 e. The highest BCUT2D eigenvalue weighted by Crippen LogP contribution is 2.47. The molecule has 52 heavy (non-hydrogen) atoms. The van der Waals surface area contributed by atoms with Crippen LogP contribution in [0.1, 0.15) is 78.9 Å². The summed E-state index contributed by atoms with van der Waals surface area (Å²) in [5.74, 6) is 0.494. The molecule has 5 aromatic carbocycles. The number of benzene rings is 5. The van der Waals surface area contributed by atoms with E-state index in [9.17, 15) is 0 Å². The third kappa shape index (κ3) is 3.98. The average Bonchev–Trinajstić information content (AvgIpc) is 3.95. The molecule has 252 valence electrons. The number of hydrogen-bond acceptors (Lipinski definition) is 2. The lowest BCUT2D eigenvalue weighted by atomic mass is 9.81. The zero-order valence-corrected chi connectivity index (χ0v) is 29.1. The lowest BCUT2D eigenvalue weighted by Gasteiger charge is -2.23. The number of aromatic nitrogens is 2. The number of hydrogen-bond donors (Lipinski definition) is 0. The Morgan fingerprint density at radius 1 is 0.519 bits per heavy atom. The van der Waals surface area contributed by atoms with Gasteiger partial charge in [-0.3, -0.25) is 0 Å². The van der Waals surface area contributed by atoms with E-state index in [1.54, 1.807) is 0 Å². The highest BCUT2D eigenvalue weighted by molar-refractivity contribution is 6.21. The Kier molecular flexibility index (Phi) is 6.05. The Hall–Kier alpha value is -5.74. The van der Waals surface area contributed by atoms with Crippen molar-refractivity contribution in [3.63, 3.8) is 0 Å². The predicted molar refractivity (Wildman–Crippen MR) is 215 cm³/mol. The zero-order valence-electron chi connectivity index (χ0n) is 29.1. The molecule has 12 rings (SSSR count). The fraction of sp³-hybridized carbons (Fsp3) is 0.208. The number of nitrogens with zero attached hydrogens (tertiary/aromatic N) is 2. The highest BCUT2D eigenvalue weighted by Gasteiger charge is 2.27. The minimum atomic E-state index is 0.494. The van der Waals surface area contributed by atoms with Gasteiger partial charge in [-0.15, -0.1) is 0 Å². The molecule has 0 bridgehead atoms. The van der Waals surface area contributed by atoms with Gasteiger partial charge in [-0.25, -0.2) is 0 Å². The van der Waals surface area contributed by atoms with E-state index in [2.05, 4.69) is 124 Å². The minimum Gasteiger partial charge on any atom is -0.452 e. The molecule has 4 heteroatoms. The van der Waals surface area contributed by atoms with Crippen LogP contribution < -0.4 is 0 Å². The Morgan fingerprint density at radius 2 is 1.12 bits per heavy atom. The summed E-state index contributed by atoms with van der Waals surface area (Å²) in [6, 6.07) is 33.6. The van der Waals surface area contributed by atoms with Gasteiger partial charge in [0.2, 0.25) is 0 Å². The van der Waals surface area contributed by atoms with Crippen LogP contribution in [0.2, 0.25) is 0 Å². The van der Waals surface area contributed by atoms with Crippen molar-refractivity contribution in [1.29, 1.82) is 0 Å². The highest BCUT2D eigenvalue weighted by atomic mass is 16.4. The largest absolute Gasteiger partial charge is 0.452 e. The molecule has 1 fully saturated rings. The number of allylic oxidation sites excluding steroid dienone is 2. The first kappa shape index (κ1) is 28.9. The summed E-state index contributed by atoms with van der Waals surface area (Å²) in [4.78, 5) is 0. The molecule has 0 saturated heterocycles. The Bertz CT molecular complexity index is 2910. The van der Waals surface area contributed by atoms with Crippen molar-refractivity contribution in [1.82, 2.24) is 9.13 Å². The molecule has 0 atom stereocenters. The molecule has 9 aromatic rings. The van der Waals surface area contributed by atoms with Crippen LogP contribution in [0.4, 0.5) is 0 Å². The molecule has 4 heterocycles. The molecule has 4 aromatic heterocycles. The molecule has 0 unspecified atom stereocenters. The van der Waals surface area contributed by atoms with Gasteiger partial charge in [-0.05, 0) is 105 Å². The van der Waals surface area contributed by atoms with Crippen LogP contribution in [0, 0.1) is 0 Å². The van der Waals surface area contributed by atoms with Crippen molar-refractivity contribution < 1.29 is 8.83 Å². The van der Waals surface area contributed by atoms with E-state index in [4.69, 9.17) is 8.83 Å². The average molecular weight is 675 g/mol. The van der Waals surface area contributed by atoms with Gasteiger partial charge in [0.15, 0.2) is 11.2 Å². The van der Waals surface area contributed by atoms with Crippen LogP contribution in [0.3, 0.4) is 0 Å². The standard InChI is InChI=1S/C48H38N2O2/c1-2-12-29(13-3-1)36-28-38-37-26-30(49-40-18-8-4-14-32(40)33-15-5-9-19-41(33)49)22-24-44(37)51-47(38)48-46(36)39-27-31(23-25-45(39)52-48)50-42-20-10-6-16-34(42)35-17-7-11-21-43(35)50/h4-7,10-11,14-17,20-29H,1-3,8-9,12-13,18-19H2. The SMILES string of the molecule is C1=Cc2c3c(n(-c4ccc5oc6c(cc(C7CCCCC7)c7c8cc(-n9c%10ccccc%10c%10ccccc%109)ccc8oc67)c5c4)c2CC1)CCC=C3. The van der Waals surface area contributed by atoms with Crippen LogP contribution in [0.5, 0.6) is 0 Å². The van der Waals surface area contributed by atoms with Crippen LogP contribution in [-0.2, 0) is 12.8 Å². The first-order chi connectivity index (χ1) is 25.8. The molecule has 1 saturated carbocycles. The van der Waals surface area contributed by atoms with Crippen molar-refractivity contribution in [2.24, 2.45) is 0 Å². The topological polar surface area (TPSA) is 36.1 Å². The maximum atomic E-state index is 6.90. The molecular formula is C48H38N2O2. The second-order valence-electron chi connectivity index (χ2n) is 15.3.